The molecule has 1 aromatic heterocycles. The summed E-state index contributed by atoms with van der Waals surface area (Å²) in [6.07, 6.45) is 4.56. The van der Waals surface area contributed by atoms with Crippen molar-refractivity contribution in [3.05, 3.63) is 109 Å². The largest absolute Gasteiger partial charge is 0.329 e. The van der Waals surface area contributed by atoms with E-state index in [1.54, 1.807) is 36.4 Å². The predicted octanol–water partition coefficient (Wildman–Crippen LogP) is 4.01. The predicted molar refractivity (Wildman–Crippen MR) is 121 cm³/mol. The lowest BCUT2D eigenvalue weighted by atomic mass is 10.2. The van der Waals surface area contributed by atoms with Crippen LogP contribution in [0.3, 0.4) is 0 Å². The molecule has 2 aromatic carbocycles. The molecule has 0 radical (unpaired) electrons. The number of benzene rings is 2. The summed E-state index contributed by atoms with van der Waals surface area (Å²) in [4.78, 5) is 18.6. The first-order valence-electron chi connectivity index (χ1n) is 9.93. The molecule has 166 valence electrons. The fourth-order valence-corrected chi connectivity index (χ4v) is 4.82. The minimum Gasteiger partial charge on any atom is -0.329 e. The molecule has 3 aromatic rings. The van der Waals surface area contributed by atoms with Crippen LogP contribution in [0.25, 0.3) is 0 Å². The molecule has 0 atom stereocenters. The topological polar surface area (TPSA) is 72.3 Å². The SMILES string of the molecule is C=CCN(Cc1cnc(S(=O)(=O)Cc2ccccc2)n1CC=C)C(=O)c1cccc(F)c1. The van der Waals surface area contributed by atoms with Crippen molar-refractivity contribution in [1.29, 1.82) is 0 Å². The molecule has 0 aliphatic carbocycles. The molecular formula is C24H24FN3O3S. The summed E-state index contributed by atoms with van der Waals surface area (Å²) < 4.78 is 41.2. The molecule has 0 N–H and O–H groups in total. The Hall–Kier alpha value is -3.52. The zero-order valence-corrected chi connectivity index (χ0v) is 18.3. The molecular weight excluding hydrogens is 429 g/mol. The number of halogens is 1. The van der Waals surface area contributed by atoms with Crippen molar-refractivity contribution in [1.82, 2.24) is 14.5 Å². The quantitative estimate of drug-likeness (QED) is 0.435. The lowest BCUT2D eigenvalue weighted by Crippen LogP contribution is -2.32. The Labute approximate surface area is 187 Å². The number of carbonyl (C=O) groups excluding carboxylic acids is 1. The summed E-state index contributed by atoms with van der Waals surface area (Å²) in [5.41, 5.74) is 1.36. The van der Waals surface area contributed by atoms with Crippen LogP contribution in [0.15, 0.2) is 91.3 Å². The Bertz CT molecular complexity index is 1220. The molecule has 8 heteroatoms. The third-order valence-electron chi connectivity index (χ3n) is 4.75. The van der Waals surface area contributed by atoms with Gasteiger partial charge in [-0.05, 0) is 23.8 Å². The molecule has 1 heterocycles. The lowest BCUT2D eigenvalue weighted by Gasteiger charge is -2.22. The van der Waals surface area contributed by atoms with Crippen molar-refractivity contribution in [2.75, 3.05) is 6.54 Å². The van der Waals surface area contributed by atoms with Gasteiger partial charge in [-0.15, -0.1) is 13.2 Å². The van der Waals surface area contributed by atoms with Crippen LogP contribution in [0.5, 0.6) is 0 Å². The maximum atomic E-state index is 13.6. The van der Waals surface area contributed by atoms with Gasteiger partial charge in [-0.2, -0.15) is 0 Å². The van der Waals surface area contributed by atoms with Gasteiger partial charge in [-0.1, -0.05) is 48.6 Å². The van der Waals surface area contributed by atoms with E-state index in [0.29, 0.717) is 11.3 Å². The molecule has 0 unspecified atom stereocenters. The molecule has 0 saturated heterocycles. The number of rotatable bonds is 10. The number of allylic oxidation sites excluding steroid dienone is 1. The monoisotopic (exact) mass is 453 g/mol. The summed E-state index contributed by atoms with van der Waals surface area (Å²) >= 11 is 0. The number of carbonyl (C=O) groups is 1. The number of nitrogens with zero attached hydrogens (tertiary/aromatic N) is 3. The van der Waals surface area contributed by atoms with Crippen molar-refractivity contribution in [2.45, 2.75) is 24.0 Å². The van der Waals surface area contributed by atoms with Crippen molar-refractivity contribution < 1.29 is 17.6 Å². The number of hydrogen-bond donors (Lipinski definition) is 0. The normalized spacial score (nSPS) is 11.2. The number of imidazole rings is 1. The fourth-order valence-electron chi connectivity index (χ4n) is 3.32. The van der Waals surface area contributed by atoms with Crippen LogP contribution in [-0.2, 0) is 28.7 Å². The molecule has 0 bridgehead atoms. The Morgan fingerprint density at radius 1 is 1.09 bits per heavy atom. The maximum absolute atomic E-state index is 13.6. The van der Waals surface area contributed by atoms with Crippen LogP contribution in [0.1, 0.15) is 21.6 Å². The van der Waals surface area contributed by atoms with Gasteiger partial charge in [0.15, 0.2) is 0 Å². The average Bonchev–Trinajstić information content (AvgIpc) is 3.17. The van der Waals surface area contributed by atoms with Gasteiger partial charge in [-0.25, -0.2) is 17.8 Å². The molecule has 0 aliphatic rings. The van der Waals surface area contributed by atoms with Crippen LogP contribution < -0.4 is 0 Å². The minimum absolute atomic E-state index is 0.0725. The second-order valence-corrected chi connectivity index (χ2v) is 9.04. The molecule has 0 spiro atoms. The van der Waals surface area contributed by atoms with E-state index in [9.17, 15) is 17.6 Å². The van der Waals surface area contributed by atoms with Crippen molar-refractivity contribution in [3.63, 3.8) is 0 Å². The summed E-state index contributed by atoms with van der Waals surface area (Å²) in [6.45, 7) is 7.86. The van der Waals surface area contributed by atoms with Gasteiger partial charge in [0.2, 0.25) is 15.0 Å². The number of sulfone groups is 1. The first kappa shape index (κ1) is 23.1. The molecule has 1 amide bonds. The highest BCUT2D eigenvalue weighted by Crippen LogP contribution is 2.20. The third kappa shape index (κ3) is 5.39. The maximum Gasteiger partial charge on any atom is 0.254 e. The molecule has 0 fully saturated rings. The van der Waals surface area contributed by atoms with Gasteiger partial charge in [0, 0.05) is 18.7 Å². The van der Waals surface area contributed by atoms with Crippen LogP contribution in [0.4, 0.5) is 4.39 Å². The summed E-state index contributed by atoms with van der Waals surface area (Å²) in [5, 5.41) is -0.0898. The second kappa shape index (κ2) is 10.2. The summed E-state index contributed by atoms with van der Waals surface area (Å²) in [6, 6.07) is 14.3. The molecule has 6 nitrogen and oxygen atoms in total. The van der Waals surface area contributed by atoms with Crippen LogP contribution in [0, 0.1) is 5.82 Å². The van der Waals surface area contributed by atoms with Crippen molar-refractivity contribution in [3.8, 4) is 0 Å². The average molecular weight is 454 g/mol. The van der Waals surface area contributed by atoms with E-state index in [2.05, 4.69) is 18.1 Å². The second-order valence-electron chi connectivity index (χ2n) is 7.16. The lowest BCUT2D eigenvalue weighted by molar-refractivity contribution is 0.0758. The fraction of sp³-hybridized carbons (Fsp3) is 0.167. The van der Waals surface area contributed by atoms with E-state index >= 15 is 0 Å². The molecule has 0 aliphatic heterocycles. The van der Waals surface area contributed by atoms with E-state index < -0.39 is 21.6 Å². The van der Waals surface area contributed by atoms with Crippen LogP contribution in [0.2, 0.25) is 0 Å². The van der Waals surface area contributed by atoms with Gasteiger partial charge in [0.05, 0.1) is 24.2 Å². The highest BCUT2D eigenvalue weighted by atomic mass is 32.2. The van der Waals surface area contributed by atoms with E-state index in [1.165, 1.54) is 33.9 Å². The minimum atomic E-state index is -3.74. The van der Waals surface area contributed by atoms with E-state index in [1.807, 2.05) is 6.07 Å². The van der Waals surface area contributed by atoms with E-state index in [4.69, 9.17) is 0 Å². The zero-order chi connectivity index (χ0) is 23.1. The first-order valence-corrected chi connectivity index (χ1v) is 11.6. The van der Waals surface area contributed by atoms with Crippen LogP contribution >= 0.6 is 0 Å². The van der Waals surface area contributed by atoms with E-state index in [-0.39, 0.29) is 36.1 Å². The standard InChI is InChI=1S/C24H24FN3O3S/c1-3-13-27(23(29)20-11-8-12-21(25)15-20)17-22-16-26-24(28(22)14-4-2)32(30,31)18-19-9-6-5-7-10-19/h3-12,15-16H,1-2,13-14,17-18H2. The Morgan fingerprint density at radius 2 is 1.84 bits per heavy atom. The third-order valence-corrected chi connectivity index (χ3v) is 6.35. The Morgan fingerprint density at radius 3 is 2.50 bits per heavy atom. The van der Waals surface area contributed by atoms with Gasteiger partial charge >= 0.3 is 0 Å². The summed E-state index contributed by atoms with van der Waals surface area (Å²) in [5.74, 6) is -1.11. The Balaban J connectivity index is 1.93. The van der Waals surface area contributed by atoms with Crippen molar-refractivity contribution in [2.24, 2.45) is 0 Å². The van der Waals surface area contributed by atoms with Gasteiger partial charge in [0.25, 0.3) is 5.91 Å². The number of amides is 1. The van der Waals surface area contributed by atoms with Gasteiger partial charge in [0.1, 0.15) is 5.82 Å². The Kier molecular flexibility index (Phi) is 7.37. The first-order chi connectivity index (χ1) is 15.4. The number of hydrogen-bond acceptors (Lipinski definition) is 4. The highest BCUT2D eigenvalue weighted by molar-refractivity contribution is 7.90. The van der Waals surface area contributed by atoms with Crippen molar-refractivity contribution >= 4 is 15.7 Å². The number of aromatic nitrogens is 2. The molecule has 3 rings (SSSR count). The summed E-state index contributed by atoms with van der Waals surface area (Å²) in [7, 11) is -3.74. The van der Waals surface area contributed by atoms with Gasteiger partial charge in [-0.3, -0.25) is 4.79 Å². The zero-order valence-electron chi connectivity index (χ0n) is 17.5. The highest BCUT2D eigenvalue weighted by Gasteiger charge is 2.25. The van der Waals surface area contributed by atoms with Gasteiger partial charge < -0.3 is 9.47 Å². The molecule has 32 heavy (non-hydrogen) atoms. The molecule has 0 saturated carbocycles. The van der Waals surface area contributed by atoms with E-state index in [0.717, 1.165) is 6.07 Å². The van der Waals surface area contributed by atoms with Crippen LogP contribution in [-0.4, -0.2) is 35.3 Å². The smallest absolute Gasteiger partial charge is 0.254 e.